The van der Waals surface area contributed by atoms with E-state index in [1.54, 1.807) is 11.8 Å². The lowest BCUT2D eigenvalue weighted by atomic mass is 10.2. The Hall–Kier alpha value is -2.50. The molecule has 6 nitrogen and oxygen atoms in total. The molecule has 0 saturated heterocycles. The van der Waals surface area contributed by atoms with Crippen molar-refractivity contribution in [2.24, 2.45) is 0 Å². The van der Waals surface area contributed by atoms with E-state index in [1.807, 2.05) is 39.0 Å². The molecule has 0 aliphatic heterocycles. The summed E-state index contributed by atoms with van der Waals surface area (Å²) in [6.45, 7) is 5.72. The van der Waals surface area contributed by atoms with Gasteiger partial charge in [0.05, 0.1) is 24.2 Å². The van der Waals surface area contributed by atoms with E-state index in [0.717, 1.165) is 28.4 Å². The van der Waals surface area contributed by atoms with Gasteiger partial charge in [-0.15, -0.1) is 0 Å². The summed E-state index contributed by atoms with van der Waals surface area (Å²) in [6.07, 6.45) is 0. The van der Waals surface area contributed by atoms with Crippen molar-refractivity contribution in [3.63, 3.8) is 0 Å². The molecule has 21 heavy (non-hydrogen) atoms. The maximum Gasteiger partial charge on any atom is 0.246 e. The van der Waals surface area contributed by atoms with E-state index in [0.29, 0.717) is 5.69 Å². The topological polar surface area (TPSA) is 82.2 Å². The molecule has 0 radical (unpaired) electrons. The third-order valence-electron chi connectivity index (χ3n) is 3.44. The molecular formula is C15H20N4O2. The molecule has 0 fully saturated rings. The number of hydrogen-bond donors (Lipinski definition) is 2. The minimum atomic E-state index is -0.145. The third-order valence-corrected chi connectivity index (χ3v) is 3.44. The molecule has 0 saturated carbocycles. The zero-order chi connectivity index (χ0) is 15.6. The molecule has 1 aromatic carbocycles. The van der Waals surface area contributed by atoms with Crippen LogP contribution in [0.5, 0.6) is 5.75 Å². The Balaban J connectivity index is 2.10. The van der Waals surface area contributed by atoms with Crippen LogP contribution in [0.1, 0.15) is 17.0 Å². The van der Waals surface area contributed by atoms with Gasteiger partial charge < -0.3 is 15.8 Å². The fourth-order valence-corrected chi connectivity index (χ4v) is 2.09. The second kappa shape index (κ2) is 5.87. The Morgan fingerprint density at radius 1 is 1.38 bits per heavy atom. The normalized spacial score (nSPS) is 10.5. The number of anilines is 2. The van der Waals surface area contributed by atoms with Crippen LogP contribution in [0, 0.1) is 20.8 Å². The van der Waals surface area contributed by atoms with Crippen molar-refractivity contribution in [1.82, 2.24) is 9.78 Å². The van der Waals surface area contributed by atoms with Crippen molar-refractivity contribution in [3.8, 4) is 5.75 Å². The standard InChI is InChI=1S/C15H20N4O2/c1-9-7-12(21-4)5-6-13(9)17-14(20)8-19-11(3)15(16)10(2)18-19/h5-7H,8,16H2,1-4H3,(H,17,20). The van der Waals surface area contributed by atoms with Crippen molar-refractivity contribution in [2.75, 3.05) is 18.2 Å². The second-order valence-electron chi connectivity index (χ2n) is 4.97. The van der Waals surface area contributed by atoms with Crippen molar-refractivity contribution >= 4 is 17.3 Å². The number of nitrogens with one attached hydrogen (secondary N) is 1. The van der Waals surface area contributed by atoms with E-state index < -0.39 is 0 Å². The maximum atomic E-state index is 12.1. The SMILES string of the molecule is COc1ccc(NC(=O)Cn2nc(C)c(N)c2C)c(C)c1. The Morgan fingerprint density at radius 3 is 2.62 bits per heavy atom. The van der Waals surface area contributed by atoms with E-state index in [1.165, 1.54) is 0 Å². The molecule has 1 heterocycles. The van der Waals surface area contributed by atoms with E-state index in [-0.39, 0.29) is 12.5 Å². The Morgan fingerprint density at radius 2 is 2.10 bits per heavy atom. The number of nitrogen functional groups attached to an aromatic ring is 1. The fraction of sp³-hybridized carbons (Fsp3) is 0.333. The molecule has 0 aliphatic carbocycles. The number of aromatic nitrogens is 2. The predicted octanol–water partition coefficient (Wildman–Crippen LogP) is 2.04. The number of carbonyl (C=O) groups is 1. The summed E-state index contributed by atoms with van der Waals surface area (Å²) in [5.41, 5.74) is 9.72. The average molecular weight is 288 g/mol. The number of nitrogens with two attached hydrogens (primary N) is 1. The van der Waals surface area contributed by atoms with Crippen LogP contribution >= 0.6 is 0 Å². The van der Waals surface area contributed by atoms with Crippen LogP contribution in [0.4, 0.5) is 11.4 Å². The summed E-state index contributed by atoms with van der Waals surface area (Å²) >= 11 is 0. The number of benzene rings is 1. The summed E-state index contributed by atoms with van der Waals surface area (Å²) < 4.78 is 6.75. The summed E-state index contributed by atoms with van der Waals surface area (Å²) in [6, 6.07) is 5.50. The average Bonchev–Trinajstić information content (AvgIpc) is 2.68. The van der Waals surface area contributed by atoms with Crippen LogP contribution in [0.15, 0.2) is 18.2 Å². The number of ether oxygens (including phenoxy) is 1. The van der Waals surface area contributed by atoms with Gasteiger partial charge in [0.25, 0.3) is 0 Å². The molecule has 1 amide bonds. The lowest BCUT2D eigenvalue weighted by molar-refractivity contribution is -0.116. The first-order chi connectivity index (χ1) is 9.92. The van der Waals surface area contributed by atoms with Crippen molar-refractivity contribution in [3.05, 3.63) is 35.2 Å². The van der Waals surface area contributed by atoms with Crippen LogP contribution < -0.4 is 15.8 Å². The van der Waals surface area contributed by atoms with Gasteiger partial charge in [0.1, 0.15) is 12.3 Å². The first kappa shape index (κ1) is 14.9. The second-order valence-corrected chi connectivity index (χ2v) is 4.97. The highest BCUT2D eigenvalue weighted by Crippen LogP contribution is 2.21. The van der Waals surface area contributed by atoms with Crippen LogP contribution in [0.3, 0.4) is 0 Å². The summed E-state index contributed by atoms with van der Waals surface area (Å²) in [4.78, 5) is 12.1. The number of carbonyl (C=O) groups excluding carboxylic acids is 1. The maximum absolute atomic E-state index is 12.1. The van der Waals surface area contributed by atoms with Crippen LogP contribution in [0.25, 0.3) is 0 Å². The summed E-state index contributed by atoms with van der Waals surface area (Å²) in [7, 11) is 1.61. The van der Waals surface area contributed by atoms with Crippen molar-refractivity contribution in [1.29, 1.82) is 0 Å². The molecule has 3 N–H and O–H groups in total. The van der Waals surface area contributed by atoms with Gasteiger partial charge in [0.2, 0.25) is 5.91 Å². The quantitative estimate of drug-likeness (QED) is 0.902. The number of hydrogen-bond acceptors (Lipinski definition) is 4. The summed E-state index contributed by atoms with van der Waals surface area (Å²) in [5, 5.41) is 7.12. The number of amides is 1. The number of nitrogens with zero attached hydrogens (tertiary/aromatic N) is 2. The monoisotopic (exact) mass is 288 g/mol. The number of methoxy groups -OCH3 is 1. The zero-order valence-electron chi connectivity index (χ0n) is 12.7. The molecule has 2 rings (SSSR count). The minimum Gasteiger partial charge on any atom is -0.497 e. The first-order valence-corrected chi connectivity index (χ1v) is 6.66. The van der Waals surface area contributed by atoms with E-state index in [9.17, 15) is 4.79 Å². The van der Waals surface area contributed by atoms with Crippen LogP contribution in [-0.2, 0) is 11.3 Å². The number of aryl methyl sites for hydroxylation is 2. The molecule has 112 valence electrons. The van der Waals surface area contributed by atoms with Gasteiger partial charge in [0.15, 0.2) is 0 Å². The molecule has 0 atom stereocenters. The molecule has 0 aliphatic rings. The summed E-state index contributed by atoms with van der Waals surface area (Å²) in [5.74, 6) is 0.616. The molecule has 0 spiro atoms. The largest absolute Gasteiger partial charge is 0.497 e. The zero-order valence-corrected chi connectivity index (χ0v) is 12.7. The first-order valence-electron chi connectivity index (χ1n) is 6.66. The lowest BCUT2D eigenvalue weighted by Crippen LogP contribution is -2.20. The Bertz CT molecular complexity index is 677. The third kappa shape index (κ3) is 3.16. The molecule has 6 heteroatoms. The fourth-order valence-electron chi connectivity index (χ4n) is 2.09. The van der Waals surface area contributed by atoms with E-state index in [4.69, 9.17) is 10.5 Å². The molecule has 2 aromatic rings. The Labute approximate surface area is 123 Å². The highest BCUT2D eigenvalue weighted by atomic mass is 16.5. The molecule has 0 unspecified atom stereocenters. The van der Waals surface area contributed by atoms with Gasteiger partial charge in [-0.2, -0.15) is 5.10 Å². The van der Waals surface area contributed by atoms with Gasteiger partial charge in [-0.05, 0) is 44.5 Å². The van der Waals surface area contributed by atoms with Crippen molar-refractivity contribution < 1.29 is 9.53 Å². The van der Waals surface area contributed by atoms with Gasteiger partial charge >= 0.3 is 0 Å². The van der Waals surface area contributed by atoms with E-state index in [2.05, 4.69) is 10.4 Å². The van der Waals surface area contributed by atoms with Gasteiger partial charge in [0, 0.05) is 5.69 Å². The minimum absolute atomic E-state index is 0.134. The smallest absolute Gasteiger partial charge is 0.246 e. The predicted molar refractivity (Wildman–Crippen MR) is 82.5 cm³/mol. The molecule has 1 aromatic heterocycles. The highest BCUT2D eigenvalue weighted by Gasteiger charge is 2.12. The highest BCUT2D eigenvalue weighted by molar-refractivity contribution is 5.91. The van der Waals surface area contributed by atoms with Crippen molar-refractivity contribution in [2.45, 2.75) is 27.3 Å². The molecule has 0 bridgehead atoms. The number of rotatable bonds is 4. The van der Waals surface area contributed by atoms with Gasteiger partial charge in [-0.3, -0.25) is 9.48 Å². The molecular weight excluding hydrogens is 268 g/mol. The lowest BCUT2D eigenvalue weighted by Gasteiger charge is -2.10. The van der Waals surface area contributed by atoms with Crippen LogP contribution in [-0.4, -0.2) is 22.8 Å². The van der Waals surface area contributed by atoms with E-state index >= 15 is 0 Å². The Kier molecular flexibility index (Phi) is 4.16. The van der Waals surface area contributed by atoms with Gasteiger partial charge in [-0.1, -0.05) is 0 Å². The van der Waals surface area contributed by atoms with Crippen LogP contribution in [0.2, 0.25) is 0 Å². The van der Waals surface area contributed by atoms with Gasteiger partial charge in [-0.25, -0.2) is 0 Å².